The van der Waals surface area contributed by atoms with E-state index in [4.69, 9.17) is 20.4 Å². The Kier molecular flexibility index (Phi) is 15.3. The minimum absolute atomic E-state index is 0.107. The van der Waals surface area contributed by atoms with Crippen LogP contribution in [0.15, 0.2) is 0 Å². The first-order valence-electron chi connectivity index (χ1n) is 9.89. The zero-order valence-electron chi connectivity index (χ0n) is 17.5. The van der Waals surface area contributed by atoms with Gasteiger partial charge < -0.3 is 25.7 Å². The highest BCUT2D eigenvalue weighted by Gasteiger charge is 2.15. The fourth-order valence-corrected chi connectivity index (χ4v) is 2.93. The highest BCUT2D eigenvalue weighted by atomic mass is 16.4. The standard InChI is InChI=1S/C18H34N4O8/c1-2-5-20(12-16(25)26)9-10-22(14-18(29)30)7-3-6-21(13-17(27)28)8-4-19-11-15(23)24/h19H,2-14H2,1H3,(H,23,24)(H,25,26)(H,27,28)(H,29,30). The van der Waals surface area contributed by atoms with Crippen LogP contribution < -0.4 is 5.32 Å². The van der Waals surface area contributed by atoms with Gasteiger partial charge in [-0.15, -0.1) is 0 Å². The van der Waals surface area contributed by atoms with Crippen LogP contribution in [0.2, 0.25) is 0 Å². The van der Waals surface area contributed by atoms with Crippen molar-refractivity contribution < 1.29 is 39.6 Å². The Morgan fingerprint density at radius 2 is 1.07 bits per heavy atom. The summed E-state index contributed by atoms with van der Waals surface area (Å²) < 4.78 is 0. The summed E-state index contributed by atoms with van der Waals surface area (Å²) in [4.78, 5) is 48.7. The van der Waals surface area contributed by atoms with E-state index in [2.05, 4.69) is 5.32 Å². The third-order valence-corrected chi connectivity index (χ3v) is 4.18. The molecule has 0 saturated heterocycles. The van der Waals surface area contributed by atoms with E-state index in [9.17, 15) is 19.2 Å². The van der Waals surface area contributed by atoms with Crippen molar-refractivity contribution in [1.82, 2.24) is 20.0 Å². The molecular weight excluding hydrogens is 400 g/mol. The number of aliphatic carboxylic acids is 4. The Morgan fingerprint density at radius 1 is 0.633 bits per heavy atom. The lowest BCUT2D eigenvalue weighted by atomic mass is 10.3. The number of carbonyl (C=O) groups is 4. The lowest BCUT2D eigenvalue weighted by Gasteiger charge is -2.27. The molecule has 0 aliphatic rings. The first-order chi connectivity index (χ1) is 14.1. The van der Waals surface area contributed by atoms with Crippen LogP contribution >= 0.6 is 0 Å². The van der Waals surface area contributed by atoms with Crippen molar-refractivity contribution in [2.24, 2.45) is 0 Å². The van der Waals surface area contributed by atoms with Gasteiger partial charge in [-0.2, -0.15) is 0 Å². The molecule has 0 aromatic heterocycles. The first-order valence-corrected chi connectivity index (χ1v) is 9.89. The van der Waals surface area contributed by atoms with Gasteiger partial charge in [-0.3, -0.25) is 33.9 Å². The Bertz CT molecular complexity index is 546. The lowest BCUT2D eigenvalue weighted by Crippen LogP contribution is -2.42. The number of nitrogens with zero attached hydrogens (tertiary/aromatic N) is 3. The quantitative estimate of drug-likeness (QED) is 0.142. The predicted octanol–water partition coefficient (Wildman–Crippen LogP) is -1.38. The molecule has 0 aliphatic carbocycles. The fraction of sp³-hybridized carbons (Fsp3) is 0.778. The maximum atomic E-state index is 11.1. The average Bonchev–Trinajstić information content (AvgIpc) is 2.61. The molecule has 0 aliphatic heterocycles. The molecule has 0 fully saturated rings. The third-order valence-electron chi connectivity index (χ3n) is 4.18. The Balaban J connectivity index is 4.59. The van der Waals surface area contributed by atoms with E-state index < -0.39 is 23.9 Å². The minimum atomic E-state index is -1.00. The van der Waals surface area contributed by atoms with Gasteiger partial charge in [0.25, 0.3) is 0 Å². The molecule has 0 unspecified atom stereocenters. The highest BCUT2D eigenvalue weighted by Crippen LogP contribution is 1.99. The van der Waals surface area contributed by atoms with E-state index in [0.29, 0.717) is 52.2 Å². The maximum absolute atomic E-state index is 11.1. The topological polar surface area (TPSA) is 171 Å². The van der Waals surface area contributed by atoms with Gasteiger partial charge in [0, 0.05) is 39.3 Å². The third kappa shape index (κ3) is 16.7. The molecule has 0 rings (SSSR count). The molecule has 0 amide bonds. The molecule has 12 nitrogen and oxygen atoms in total. The van der Waals surface area contributed by atoms with E-state index in [-0.39, 0.29) is 26.2 Å². The molecule has 0 aromatic rings. The van der Waals surface area contributed by atoms with Crippen molar-refractivity contribution in [2.75, 3.05) is 72.0 Å². The van der Waals surface area contributed by atoms with E-state index >= 15 is 0 Å². The minimum Gasteiger partial charge on any atom is -0.480 e. The van der Waals surface area contributed by atoms with Gasteiger partial charge in [0.1, 0.15) is 0 Å². The molecule has 0 atom stereocenters. The molecule has 30 heavy (non-hydrogen) atoms. The van der Waals surface area contributed by atoms with Gasteiger partial charge >= 0.3 is 23.9 Å². The molecule has 0 radical (unpaired) electrons. The van der Waals surface area contributed by atoms with Gasteiger partial charge in [0.05, 0.1) is 26.2 Å². The summed E-state index contributed by atoms with van der Waals surface area (Å²) in [5, 5.41) is 38.4. The van der Waals surface area contributed by atoms with Crippen molar-refractivity contribution in [3.8, 4) is 0 Å². The molecule has 0 bridgehead atoms. The lowest BCUT2D eigenvalue weighted by molar-refractivity contribution is -0.140. The molecule has 12 heteroatoms. The van der Waals surface area contributed by atoms with Crippen LogP contribution in [0.4, 0.5) is 0 Å². The molecule has 0 spiro atoms. The van der Waals surface area contributed by atoms with E-state index in [0.717, 1.165) is 6.42 Å². The van der Waals surface area contributed by atoms with Crippen LogP contribution in [0.5, 0.6) is 0 Å². The number of carboxylic acid groups (broad SMARTS) is 4. The van der Waals surface area contributed by atoms with Crippen LogP contribution in [0.25, 0.3) is 0 Å². The van der Waals surface area contributed by atoms with Gasteiger partial charge in [0.2, 0.25) is 0 Å². The van der Waals surface area contributed by atoms with Crippen LogP contribution in [0.3, 0.4) is 0 Å². The molecule has 5 N–H and O–H groups in total. The maximum Gasteiger partial charge on any atom is 0.317 e. The van der Waals surface area contributed by atoms with E-state index in [1.54, 1.807) is 14.7 Å². The summed E-state index contributed by atoms with van der Waals surface area (Å²) in [6.45, 7) is 4.13. The average molecular weight is 434 g/mol. The molecule has 0 saturated carbocycles. The van der Waals surface area contributed by atoms with E-state index in [1.807, 2.05) is 6.92 Å². The summed E-state index contributed by atoms with van der Waals surface area (Å²) in [6.07, 6.45) is 1.30. The van der Waals surface area contributed by atoms with Crippen molar-refractivity contribution in [1.29, 1.82) is 0 Å². The molecule has 174 valence electrons. The van der Waals surface area contributed by atoms with Crippen LogP contribution in [-0.2, 0) is 19.2 Å². The van der Waals surface area contributed by atoms with E-state index in [1.165, 1.54) is 0 Å². The summed E-state index contributed by atoms with van der Waals surface area (Å²) in [5.74, 6) is -3.92. The molecular formula is C18H34N4O8. The number of nitrogens with one attached hydrogen (secondary N) is 1. The zero-order chi connectivity index (χ0) is 22.9. The highest BCUT2D eigenvalue weighted by molar-refractivity contribution is 5.70. The zero-order valence-corrected chi connectivity index (χ0v) is 17.5. The van der Waals surface area contributed by atoms with Crippen LogP contribution in [0, 0.1) is 0 Å². The number of hydrogen-bond donors (Lipinski definition) is 5. The second kappa shape index (κ2) is 16.5. The summed E-state index contributed by atoms with van der Waals surface area (Å²) in [5.41, 5.74) is 0. The van der Waals surface area contributed by atoms with Crippen molar-refractivity contribution >= 4 is 23.9 Å². The molecule has 0 heterocycles. The van der Waals surface area contributed by atoms with Crippen molar-refractivity contribution in [3.63, 3.8) is 0 Å². The Labute approximate surface area is 176 Å². The van der Waals surface area contributed by atoms with Gasteiger partial charge in [-0.05, 0) is 19.4 Å². The smallest absolute Gasteiger partial charge is 0.317 e. The SMILES string of the molecule is CCCN(CCN(CCCN(CCNCC(=O)O)CC(=O)O)CC(=O)O)CC(=O)O. The van der Waals surface area contributed by atoms with Gasteiger partial charge in [-0.1, -0.05) is 6.92 Å². The van der Waals surface area contributed by atoms with Crippen molar-refractivity contribution in [2.45, 2.75) is 19.8 Å². The van der Waals surface area contributed by atoms with Gasteiger partial charge in [-0.25, -0.2) is 0 Å². The largest absolute Gasteiger partial charge is 0.480 e. The predicted molar refractivity (Wildman–Crippen MR) is 108 cm³/mol. The summed E-state index contributed by atoms with van der Waals surface area (Å²) in [7, 11) is 0. The summed E-state index contributed by atoms with van der Waals surface area (Å²) in [6, 6.07) is 0. The Morgan fingerprint density at radius 3 is 1.47 bits per heavy atom. The summed E-state index contributed by atoms with van der Waals surface area (Å²) >= 11 is 0. The normalized spacial score (nSPS) is 11.3. The second-order valence-corrected chi connectivity index (χ2v) is 6.93. The number of rotatable bonds is 20. The second-order valence-electron chi connectivity index (χ2n) is 6.93. The van der Waals surface area contributed by atoms with Crippen LogP contribution in [-0.4, -0.2) is 131 Å². The monoisotopic (exact) mass is 434 g/mol. The fourth-order valence-electron chi connectivity index (χ4n) is 2.93. The Hall–Kier alpha value is -2.28. The first kappa shape index (κ1) is 27.7. The van der Waals surface area contributed by atoms with Crippen LogP contribution in [0.1, 0.15) is 19.8 Å². The van der Waals surface area contributed by atoms with Gasteiger partial charge in [0.15, 0.2) is 0 Å². The number of carboxylic acids is 4. The van der Waals surface area contributed by atoms with Crippen molar-refractivity contribution in [3.05, 3.63) is 0 Å². The molecule has 0 aromatic carbocycles. The number of hydrogen-bond acceptors (Lipinski definition) is 8.